The van der Waals surface area contributed by atoms with Crippen LogP contribution in [0.2, 0.25) is 0 Å². The molecule has 2 aromatic carbocycles. The molecule has 0 saturated carbocycles. The molecule has 0 aromatic heterocycles. The normalized spacial score (nSPS) is 13.7. The molecule has 0 radical (unpaired) electrons. The van der Waals surface area contributed by atoms with Gasteiger partial charge in [-0.05, 0) is 48.4 Å². The lowest BCUT2D eigenvalue weighted by molar-refractivity contribution is -0.192. The van der Waals surface area contributed by atoms with Crippen molar-refractivity contribution in [3.63, 3.8) is 0 Å². The van der Waals surface area contributed by atoms with E-state index in [2.05, 4.69) is 12.1 Å². The number of hydroxylamine groups is 2. The Hall–Kier alpha value is -3.88. The molecular formula is C27H32N2O7. The van der Waals surface area contributed by atoms with Gasteiger partial charge in [-0.3, -0.25) is 9.59 Å². The monoisotopic (exact) mass is 496 g/mol. The lowest BCUT2D eigenvalue weighted by Gasteiger charge is -2.13. The quantitative estimate of drug-likeness (QED) is 0.175. The molecule has 9 heteroatoms. The number of rotatable bonds is 14. The van der Waals surface area contributed by atoms with E-state index in [-0.39, 0.29) is 36.5 Å². The average molecular weight is 497 g/mol. The summed E-state index contributed by atoms with van der Waals surface area (Å²) in [5, 5.41) is 13.9. The van der Waals surface area contributed by atoms with Crippen molar-refractivity contribution >= 4 is 23.5 Å². The van der Waals surface area contributed by atoms with E-state index in [9.17, 15) is 19.5 Å². The van der Waals surface area contributed by atoms with Gasteiger partial charge in [0.15, 0.2) is 5.71 Å². The van der Waals surface area contributed by atoms with Crippen LogP contribution in [-0.4, -0.2) is 40.3 Å². The van der Waals surface area contributed by atoms with E-state index < -0.39 is 17.8 Å². The number of unbranched alkanes of at least 4 members (excludes halogenated alkanes) is 5. The van der Waals surface area contributed by atoms with Crippen LogP contribution in [0.5, 0.6) is 11.5 Å². The highest BCUT2D eigenvalue weighted by atomic mass is 16.7. The molecule has 192 valence electrons. The summed E-state index contributed by atoms with van der Waals surface area (Å²) in [6, 6.07) is 13.0. The number of hydrogen-bond donors (Lipinski definition) is 1. The van der Waals surface area contributed by atoms with Crippen LogP contribution in [0.15, 0.2) is 53.7 Å². The number of carbonyl (C=O) groups is 3. The highest BCUT2D eigenvalue weighted by molar-refractivity contribution is 6.43. The largest absolute Gasteiger partial charge is 0.508 e. The van der Waals surface area contributed by atoms with Crippen molar-refractivity contribution in [1.82, 2.24) is 5.06 Å². The molecule has 0 bridgehead atoms. The topological polar surface area (TPSA) is 115 Å². The molecule has 36 heavy (non-hydrogen) atoms. The molecule has 9 nitrogen and oxygen atoms in total. The molecule has 1 fully saturated rings. The molecule has 0 spiro atoms. The van der Waals surface area contributed by atoms with Gasteiger partial charge in [-0.1, -0.05) is 56.3 Å². The number of amides is 2. The van der Waals surface area contributed by atoms with Crippen LogP contribution in [0, 0.1) is 0 Å². The van der Waals surface area contributed by atoms with Gasteiger partial charge in [0.2, 0.25) is 0 Å². The third-order valence-corrected chi connectivity index (χ3v) is 5.59. The van der Waals surface area contributed by atoms with Crippen LogP contribution in [0.1, 0.15) is 69.4 Å². The standard InChI is InChI=1S/C27H32N2O7/c1-2-3-4-5-6-7-18-34-23-14-8-20(9-15-23)19-35-28-26(21-10-12-22(30)13-11-21)27(33)36-29-24(31)16-17-25(29)32/h8-15,30H,2-7,16-19H2,1H3. The van der Waals surface area contributed by atoms with E-state index in [1.165, 1.54) is 49.9 Å². The summed E-state index contributed by atoms with van der Waals surface area (Å²) in [6.45, 7) is 2.94. The Labute approximate surface area is 210 Å². The van der Waals surface area contributed by atoms with Gasteiger partial charge in [0, 0.05) is 18.4 Å². The first-order valence-corrected chi connectivity index (χ1v) is 12.3. The lowest BCUT2D eigenvalue weighted by Crippen LogP contribution is -2.35. The van der Waals surface area contributed by atoms with E-state index in [1.54, 1.807) is 0 Å². The van der Waals surface area contributed by atoms with Crippen molar-refractivity contribution in [1.29, 1.82) is 0 Å². The average Bonchev–Trinajstić information content (AvgIpc) is 3.19. The predicted octanol–water partition coefficient (Wildman–Crippen LogP) is 4.66. The summed E-state index contributed by atoms with van der Waals surface area (Å²) in [7, 11) is 0. The highest BCUT2D eigenvalue weighted by Crippen LogP contribution is 2.17. The first-order chi connectivity index (χ1) is 17.5. The predicted molar refractivity (Wildman–Crippen MR) is 132 cm³/mol. The molecule has 1 aliphatic heterocycles. The van der Waals surface area contributed by atoms with Gasteiger partial charge >= 0.3 is 5.97 Å². The van der Waals surface area contributed by atoms with Gasteiger partial charge < -0.3 is 19.5 Å². The van der Waals surface area contributed by atoms with Crippen LogP contribution in [0.3, 0.4) is 0 Å². The van der Waals surface area contributed by atoms with Crippen LogP contribution in [0.25, 0.3) is 0 Å². The fraction of sp³-hybridized carbons (Fsp3) is 0.407. The Bertz CT molecular complexity index is 1030. The summed E-state index contributed by atoms with van der Waals surface area (Å²) in [5.41, 5.74) is 0.839. The molecule has 2 amide bonds. The summed E-state index contributed by atoms with van der Waals surface area (Å²) < 4.78 is 5.78. The molecule has 0 unspecified atom stereocenters. The third-order valence-electron chi connectivity index (χ3n) is 5.59. The number of carbonyl (C=O) groups excluding carboxylic acids is 3. The molecule has 1 heterocycles. The Morgan fingerprint density at radius 2 is 1.56 bits per heavy atom. The summed E-state index contributed by atoms with van der Waals surface area (Å²) in [6.07, 6.45) is 7.17. The Morgan fingerprint density at radius 3 is 2.22 bits per heavy atom. The van der Waals surface area contributed by atoms with Gasteiger partial charge in [-0.25, -0.2) is 4.79 Å². The minimum absolute atomic E-state index is 0.00362. The van der Waals surface area contributed by atoms with Crippen LogP contribution in [-0.2, 0) is 30.7 Å². The maximum atomic E-state index is 12.7. The minimum Gasteiger partial charge on any atom is -0.508 e. The third kappa shape index (κ3) is 8.11. The first-order valence-electron chi connectivity index (χ1n) is 12.3. The van der Waals surface area contributed by atoms with E-state index in [0.29, 0.717) is 11.7 Å². The number of nitrogens with zero attached hydrogens (tertiary/aromatic N) is 2. The van der Waals surface area contributed by atoms with Crippen molar-refractivity contribution in [3.05, 3.63) is 59.7 Å². The van der Waals surface area contributed by atoms with E-state index >= 15 is 0 Å². The zero-order valence-electron chi connectivity index (χ0n) is 20.5. The molecule has 1 aliphatic rings. The number of phenolic OH excluding ortho intramolecular Hbond substituents is 1. The summed E-state index contributed by atoms with van der Waals surface area (Å²) in [4.78, 5) is 46.7. The fourth-order valence-corrected chi connectivity index (χ4v) is 3.54. The van der Waals surface area contributed by atoms with Crippen molar-refractivity contribution in [3.8, 4) is 11.5 Å². The van der Waals surface area contributed by atoms with Gasteiger partial charge in [-0.15, -0.1) is 5.06 Å². The fourth-order valence-electron chi connectivity index (χ4n) is 3.54. The Kier molecular flexibility index (Phi) is 10.3. The molecule has 0 aliphatic carbocycles. The maximum absolute atomic E-state index is 12.7. The second-order valence-corrected chi connectivity index (χ2v) is 8.48. The van der Waals surface area contributed by atoms with E-state index in [4.69, 9.17) is 14.4 Å². The summed E-state index contributed by atoms with van der Waals surface area (Å²) in [5.74, 6) is -1.46. The number of oxime groups is 1. The van der Waals surface area contributed by atoms with Crippen LogP contribution < -0.4 is 4.74 Å². The van der Waals surface area contributed by atoms with Crippen molar-refractivity contribution in [2.24, 2.45) is 5.16 Å². The smallest absolute Gasteiger partial charge is 0.386 e. The molecule has 1 saturated heterocycles. The van der Waals surface area contributed by atoms with Gasteiger partial charge in [-0.2, -0.15) is 0 Å². The lowest BCUT2D eigenvalue weighted by atomic mass is 10.1. The molecular weight excluding hydrogens is 464 g/mol. The van der Waals surface area contributed by atoms with Crippen LogP contribution >= 0.6 is 0 Å². The molecule has 0 atom stereocenters. The Balaban J connectivity index is 1.55. The van der Waals surface area contributed by atoms with E-state index in [1.807, 2.05) is 24.3 Å². The molecule has 1 N–H and O–H groups in total. The van der Waals surface area contributed by atoms with Gasteiger partial charge in [0.1, 0.15) is 18.1 Å². The van der Waals surface area contributed by atoms with Crippen molar-refractivity contribution in [2.75, 3.05) is 6.61 Å². The highest BCUT2D eigenvalue weighted by Gasteiger charge is 2.34. The second-order valence-electron chi connectivity index (χ2n) is 8.48. The zero-order chi connectivity index (χ0) is 25.8. The second kappa shape index (κ2) is 13.9. The summed E-state index contributed by atoms with van der Waals surface area (Å²) >= 11 is 0. The first kappa shape index (κ1) is 26.7. The number of aromatic hydroxyl groups is 1. The minimum atomic E-state index is -1.03. The molecule has 3 rings (SSSR count). The molecule has 2 aromatic rings. The van der Waals surface area contributed by atoms with Crippen molar-refractivity contribution < 1.29 is 33.9 Å². The van der Waals surface area contributed by atoms with Gasteiger partial charge in [0.05, 0.1) is 6.61 Å². The van der Waals surface area contributed by atoms with Crippen molar-refractivity contribution in [2.45, 2.75) is 64.9 Å². The number of hydrogen-bond acceptors (Lipinski definition) is 8. The number of benzene rings is 2. The van der Waals surface area contributed by atoms with Gasteiger partial charge in [0.25, 0.3) is 11.8 Å². The van der Waals surface area contributed by atoms with E-state index in [0.717, 1.165) is 24.2 Å². The zero-order valence-corrected chi connectivity index (χ0v) is 20.5. The van der Waals surface area contributed by atoms with Crippen LogP contribution in [0.4, 0.5) is 0 Å². The Morgan fingerprint density at radius 1 is 0.917 bits per heavy atom. The number of ether oxygens (including phenoxy) is 1. The maximum Gasteiger partial charge on any atom is 0.386 e. The number of phenols is 1. The SMILES string of the molecule is CCCCCCCCOc1ccc(CON=C(C(=O)ON2C(=O)CCC2=O)c2ccc(O)cc2)cc1. The number of imide groups is 1.